The maximum absolute atomic E-state index is 11.5. The van der Waals surface area contributed by atoms with Crippen molar-refractivity contribution < 1.29 is 19.0 Å². The molecule has 8 heteroatoms. The lowest BCUT2D eigenvalue weighted by atomic mass is 10.1. The van der Waals surface area contributed by atoms with Crippen molar-refractivity contribution in [3.8, 4) is 28.1 Å². The van der Waals surface area contributed by atoms with Crippen LogP contribution >= 0.6 is 22.7 Å². The van der Waals surface area contributed by atoms with E-state index >= 15 is 0 Å². The van der Waals surface area contributed by atoms with Crippen molar-refractivity contribution >= 4 is 40.3 Å². The Balaban J connectivity index is 1.81. The van der Waals surface area contributed by atoms with Crippen molar-refractivity contribution in [2.24, 2.45) is 0 Å². The van der Waals surface area contributed by atoms with Gasteiger partial charge in [-0.15, -0.1) is 22.7 Å². The molecule has 0 spiro atoms. The van der Waals surface area contributed by atoms with Crippen LogP contribution in [0.25, 0.3) is 22.2 Å². The standard InChI is InChI=1S/C21H18N2O4S2/c1-3-26-20(24)12-27-17-7-6-14(10-18(17)25-2)9-15(11-22)21-23-16(13-29-21)19-5-4-8-28-19/h4-10,13H,3,12H2,1-2H3. The fraction of sp³-hybridized carbons (Fsp3) is 0.190. The number of aromatic nitrogens is 1. The molecule has 0 aliphatic rings. The first-order valence-corrected chi connectivity index (χ1v) is 10.5. The Bertz CT molecular complexity index is 1050. The number of carbonyl (C=O) groups is 1. The van der Waals surface area contributed by atoms with Gasteiger partial charge in [-0.3, -0.25) is 0 Å². The Morgan fingerprint density at radius 1 is 1.28 bits per heavy atom. The second kappa shape index (κ2) is 9.87. The highest BCUT2D eigenvalue weighted by Gasteiger charge is 2.12. The summed E-state index contributed by atoms with van der Waals surface area (Å²) in [4.78, 5) is 17.1. The Labute approximate surface area is 176 Å². The van der Waals surface area contributed by atoms with Gasteiger partial charge >= 0.3 is 5.97 Å². The van der Waals surface area contributed by atoms with Gasteiger partial charge in [0.2, 0.25) is 0 Å². The predicted molar refractivity (Wildman–Crippen MR) is 114 cm³/mol. The molecular formula is C21H18N2O4S2. The van der Waals surface area contributed by atoms with Crippen LogP contribution in [0.3, 0.4) is 0 Å². The molecule has 0 N–H and O–H groups in total. The van der Waals surface area contributed by atoms with Gasteiger partial charge in [-0.2, -0.15) is 5.26 Å². The average molecular weight is 427 g/mol. The van der Waals surface area contributed by atoms with Gasteiger partial charge in [-0.05, 0) is 42.1 Å². The van der Waals surface area contributed by atoms with Crippen LogP contribution in [0.4, 0.5) is 0 Å². The summed E-state index contributed by atoms with van der Waals surface area (Å²) in [6.45, 7) is 1.83. The van der Waals surface area contributed by atoms with Crippen molar-refractivity contribution in [3.05, 3.63) is 51.7 Å². The van der Waals surface area contributed by atoms with Crippen LogP contribution in [-0.4, -0.2) is 31.3 Å². The van der Waals surface area contributed by atoms with Crippen LogP contribution in [0, 0.1) is 11.3 Å². The molecule has 3 rings (SSSR count). The molecular weight excluding hydrogens is 408 g/mol. The lowest BCUT2D eigenvalue weighted by Crippen LogP contribution is -2.14. The fourth-order valence-corrected chi connectivity index (χ4v) is 4.02. The van der Waals surface area contributed by atoms with E-state index in [-0.39, 0.29) is 6.61 Å². The number of allylic oxidation sites excluding steroid dienone is 1. The minimum absolute atomic E-state index is 0.201. The zero-order valence-corrected chi connectivity index (χ0v) is 17.5. The summed E-state index contributed by atoms with van der Waals surface area (Å²) in [6, 6.07) is 11.4. The van der Waals surface area contributed by atoms with Crippen molar-refractivity contribution in [1.82, 2.24) is 4.98 Å². The van der Waals surface area contributed by atoms with Crippen LogP contribution in [0.15, 0.2) is 41.1 Å². The van der Waals surface area contributed by atoms with Gasteiger partial charge in [-0.25, -0.2) is 9.78 Å². The number of esters is 1. The molecule has 0 fully saturated rings. The Hall–Kier alpha value is -3.15. The molecule has 0 unspecified atom stereocenters. The summed E-state index contributed by atoms with van der Waals surface area (Å²) >= 11 is 3.03. The quantitative estimate of drug-likeness (QED) is 0.377. The number of nitrogens with zero attached hydrogens (tertiary/aromatic N) is 2. The molecule has 0 aliphatic heterocycles. The normalized spacial score (nSPS) is 11.0. The number of nitriles is 1. The largest absolute Gasteiger partial charge is 0.493 e. The van der Waals surface area contributed by atoms with E-state index in [0.717, 1.165) is 16.1 Å². The number of rotatable bonds is 8. The molecule has 29 heavy (non-hydrogen) atoms. The molecule has 1 aromatic carbocycles. The number of thiophene rings is 1. The Morgan fingerprint density at radius 3 is 2.83 bits per heavy atom. The summed E-state index contributed by atoms with van der Waals surface area (Å²) in [5.74, 6) is 0.430. The number of hydrogen-bond acceptors (Lipinski definition) is 8. The monoisotopic (exact) mass is 426 g/mol. The molecule has 0 bridgehead atoms. The SMILES string of the molecule is CCOC(=O)COc1ccc(C=C(C#N)c2nc(-c3cccs3)cs2)cc1OC. The van der Waals surface area contributed by atoms with Crippen molar-refractivity contribution in [1.29, 1.82) is 5.26 Å². The van der Waals surface area contributed by atoms with Gasteiger partial charge < -0.3 is 14.2 Å². The minimum Gasteiger partial charge on any atom is -0.493 e. The number of thiazole rings is 1. The van der Waals surface area contributed by atoms with E-state index in [1.165, 1.54) is 18.4 Å². The maximum atomic E-state index is 11.5. The molecule has 0 atom stereocenters. The van der Waals surface area contributed by atoms with Crippen molar-refractivity contribution in [2.75, 3.05) is 20.3 Å². The summed E-state index contributed by atoms with van der Waals surface area (Å²) in [6.07, 6.45) is 1.74. The third-order valence-electron chi connectivity index (χ3n) is 3.78. The second-order valence-electron chi connectivity index (χ2n) is 5.69. The van der Waals surface area contributed by atoms with Crippen molar-refractivity contribution in [3.63, 3.8) is 0 Å². The van der Waals surface area contributed by atoms with Gasteiger partial charge in [0.1, 0.15) is 11.1 Å². The number of carbonyl (C=O) groups excluding carboxylic acids is 1. The highest BCUT2D eigenvalue weighted by atomic mass is 32.1. The summed E-state index contributed by atoms with van der Waals surface area (Å²) in [7, 11) is 1.51. The molecule has 2 heterocycles. The van der Waals surface area contributed by atoms with E-state index < -0.39 is 5.97 Å². The second-order valence-corrected chi connectivity index (χ2v) is 7.49. The first-order valence-electron chi connectivity index (χ1n) is 8.72. The lowest BCUT2D eigenvalue weighted by molar-refractivity contribution is -0.145. The average Bonchev–Trinajstić information content (AvgIpc) is 3.42. The van der Waals surface area contributed by atoms with Gasteiger partial charge in [0, 0.05) is 5.38 Å². The molecule has 0 saturated heterocycles. The molecule has 0 aliphatic carbocycles. The van der Waals surface area contributed by atoms with E-state index in [1.54, 1.807) is 42.5 Å². The van der Waals surface area contributed by atoms with Gasteiger partial charge in [0.15, 0.2) is 18.1 Å². The Morgan fingerprint density at radius 2 is 2.14 bits per heavy atom. The van der Waals surface area contributed by atoms with Crippen LogP contribution < -0.4 is 9.47 Å². The maximum Gasteiger partial charge on any atom is 0.344 e. The van der Waals surface area contributed by atoms with Gasteiger partial charge in [-0.1, -0.05) is 12.1 Å². The molecule has 3 aromatic rings. The minimum atomic E-state index is -0.449. The van der Waals surface area contributed by atoms with E-state index in [4.69, 9.17) is 14.2 Å². The summed E-state index contributed by atoms with van der Waals surface area (Å²) < 4.78 is 15.7. The first-order chi connectivity index (χ1) is 14.1. The summed E-state index contributed by atoms with van der Waals surface area (Å²) in [5.41, 5.74) is 2.08. The zero-order chi connectivity index (χ0) is 20.6. The van der Waals surface area contributed by atoms with Crippen LogP contribution in [0.1, 0.15) is 17.5 Å². The number of benzene rings is 1. The molecule has 0 radical (unpaired) electrons. The van der Waals surface area contributed by atoms with Gasteiger partial charge in [0.05, 0.1) is 29.9 Å². The lowest BCUT2D eigenvalue weighted by Gasteiger charge is -2.11. The molecule has 2 aromatic heterocycles. The van der Waals surface area contributed by atoms with E-state index in [0.29, 0.717) is 28.7 Å². The first kappa shape index (κ1) is 20.6. The van der Waals surface area contributed by atoms with Crippen molar-refractivity contribution in [2.45, 2.75) is 6.92 Å². The van der Waals surface area contributed by atoms with Gasteiger partial charge in [0.25, 0.3) is 0 Å². The molecule has 0 saturated carbocycles. The topological polar surface area (TPSA) is 81.4 Å². The predicted octanol–water partition coefficient (Wildman–Crippen LogP) is 4.89. The van der Waals surface area contributed by atoms with E-state index in [2.05, 4.69) is 11.1 Å². The van der Waals surface area contributed by atoms with Crippen LogP contribution in [-0.2, 0) is 9.53 Å². The highest BCUT2D eigenvalue weighted by molar-refractivity contribution is 7.14. The smallest absolute Gasteiger partial charge is 0.344 e. The Kier molecular flexibility index (Phi) is 7.00. The number of ether oxygens (including phenoxy) is 3. The number of hydrogen-bond donors (Lipinski definition) is 0. The number of methoxy groups -OCH3 is 1. The summed E-state index contributed by atoms with van der Waals surface area (Å²) in [5, 5.41) is 14.2. The zero-order valence-electron chi connectivity index (χ0n) is 15.9. The molecule has 0 amide bonds. The molecule has 6 nitrogen and oxygen atoms in total. The van der Waals surface area contributed by atoms with E-state index in [9.17, 15) is 10.1 Å². The van der Waals surface area contributed by atoms with Crippen LogP contribution in [0.2, 0.25) is 0 Å². The van der Waals surface area contributed by atoms with Crippen LogP contribution in [0.5, 0.6) is 11.5 Å². The van der Waals surface area contributed by atoms with E-state index in [1.807, 2.05) is 22.9 Å². The highest BCUT2D eigenvalue weighted by Crippen LogP contribution is 2.32. The third-order valence-corrected chi connectivity index (χ3v) is 5.55. The molecule has 148 valence electrons. The third kappa shape index (κ3) is 5.22. The fourth-order valence-electron chi connectivity index (χ4n) is 2.48.